The molecule has 0 saturated heterocycles. The van der Waals surface area contributed by atoms with Crippen LogP contribution in [0.4, 0.5) is 0 Å². The number of hydrogen-bond donors (Lipinski definition) is 1. The molecule has 2 aromatic carbocycles. The van der Waals surface area contributed by atoms with Gasteiger partial charge >= 0.3 is 0 Å². The van der Waals surface area contributed by atoms with Crippen LogP contribution in [0, 0.1) is 0 Å². The van der Waals surface area contributed by atoms with Gasteiger partial charge in [0.25, 0.3) is 0 Å². The fourth-order valence-corrected chi connectivity index (χ4v) is 3.83. The predicted octanol–water partition coefficient (Wildman–Crippen LogP) is 5.09. The summed E-state index contributed by atoms with van der Waals surface area (Å²) in [5, 5.41) is 12.8. The van der Waals surface area contributed by atoms with Crippen LogP contribution < -0.4 is 0 Å². The molecular weight excluding hydrogens is 294 g/mol. The van der Waals surface area contributed by atoms with Gasteiger partial charge in [-0.2, -0.15) is 0 Å². The lowest BCUT2D eigenvalue weighted by molar-refractivity contribution is 0.0841. The Hall–Kier alpha value is -2.32. The maximum Gasteiger partial charge on any atom is 0.121 e. The molecule has 0 spiro atoms. The standard InChI is InChI=1S/C22H23NO/c1-2-3-15-23-16-20(18-11-5-7-13-21(18)23)22(24)14-8-10-17-9-4-6-12-19(17)22/h4-13,16,24H,2-3,14-15H2,1H3/t22-/m1/s1. The number of aliphatic hydroxyl groups is 1. The van der Waals surface area contributed by atoms with Crippen LogP contribution in [-0.4, -0.2) is 9.67 Å². The fourth-order valence-electron chi connectivity index (χ4n) is 3.83. The highest BCUT2D eigenvalue weighted by Gasteiger charge is 2.36. The van der Waals surface area contributed by atoms with Gasteiger partial charge in [0.05, 0.1) is 0 Å². The topological polar surface area (TPSA) is 25.2 Å². The second-order valence-corrected chi connectivity index (χ2v) is 6.66. The highest BCUT2D eigenvalue weighted by molar-refractivity contribution is 5.86. The highest BCUT2D eigenvalue weighted by atomic mass is 16.3. The van der Waals surface area contributed by atoms with E-state index in [1.807, 2.05) is 12.1 Å². The molecule has 0 aliphatic heterocycles. The summed E-state index contributed by atoms with van der Waals surface area (Å²) in [6, 6.07) is 16.6. The van der Waals surface area contributed by atoms with Crippen LogP contribution >= 0.6 is 0 Å². The number of benzene rings is 2. The molecule has 1 aliphatic carbocycles. The molecule has 1 heterocycles. The Kier molecular flexibility index (Phi) is 3.78. The van der Waals surface area contributed by atoms with Crippen LogP contribution in [0.3, 0.4) is 0 Å². The third kappa shape index (κ3) is 2.30. The lowest BCUT2D eigenvalue weighted by Gasteiger charge is -2.31. The van der Waals surface area contributed by atoms with Crippen LogP contribution in [0.2, 0.25) is 0 Å². The summed E-state index contributed by atoms with van der Waals surface area (Å²) < 4.78 is 2.30. The maximum absolute atomic E-state index is 11.7. The van der Waals surface area contributed by atoms with E-state index in [-0.39, 0.29) is 0 Å². The van der Waals surface area contributed by atoms with Crippen molar-refractivity contribution in [2.45, 2.75) is 38.3 Å². The smallest absolute Gasteiger partial charge is 0.121 e. The zero-order valence-corrected chi connectivity index (χ0v) is 14.1. The van der Waals surface area contributed by atoms with Crippen LogP contribution in [0.25, 0.3) is 17.0 Å². The minimum absolute atomic E-state index is 0.617. The zero-order valence-electron chi connectivity index (χ0n) is 14.1. The molecule has 24 heavy (non-hydrogen) atoms. The first-order chi connectivity index (χ1) is 11.7. The van der Waals surface area contributed by atoms with Gasteiger partial charge in [0.2, 0.25) is 0 Å². The fraction of sp³-hybridized carbons (Fsp3) is 0.273. The van der Waals surface area contributed by atoms with Gasteiger partial charge in [0.1, 0.15) is 5.60 Å². The lowest BCUT2D eigenvalue weighted by Crippen LogP contribution is -2.29. The molecule has 2 heteroatoms. The zero-order chi connectivity index (χ0) is 16.6. The Bertz CT molecular complexity index is 905. The molecule has 4 rings (SSSR count). The van der Waals surface area contributed by atoms with E-state index in [0.717, 1.165) is 41.5 Å². The molecule has 1 N–H and O–H groups in total. The van der Waals surface area contributed by atoms with Crippen molar-refractivity contribution in [1.82, 2.24) is 4.57 Å². The Morgan fingerprint density at radius 3 is 2.71 bits per heavy atom. The predicted molar refractivity (Wildman–Crippen MR) is 99.9 cm³/mol. The SMILES string of the molecule is CCCCn1cc([C@@]2(O)CC=Cc3ccccc32)c2ccccc21. The van der Waals surface area contributed by atoms with Gasteiger partial charge in [-0.3, -0.25) is 0 Å². The van der Waals surface area contributed by atoms with E-state index in [0.29, 0.717) is 6.42 Å². The number of nitrogens with zero attached hydrogens (tertiary/aromatic N) is 1. The number of rotatable bonds is 4. The second-order valence-electron chi connectivity index (χ2n) is 6.66. The van der Waals surface area contributed by atoms with E-state index in [1.54, 1.807) is 0 Å². The Balaban J connectivity index is 1.92. The van der Waals surface area contributed by atoms with E-state index in [2.05, 4.69) is 66.2 Å². The Morgan fingerprint density at radius 2 is 1.83 bits per heavy atom. The van der Waals surface area contributed by atoms with Crippen molar-refractivity contribution < 1.29 is 5.11 Å². The highest BCUT2D eigenvalue weighted by Crippen LogP contribution is 2.42. The Morgan fingerprint density at radius 1 is 1.04 bits per heavy atom. The van der Waals surface area contributed by atoms with Crippen LogP contribution in [0.15, 0.2) is 60.8 Å². The number of aromatic nitrogens is 1. The minimum Gasteiger partial charge on any atom is -0.380 e. The van der Waals surface area contributed by atoms with Crippen molar-refractivity contribution >= 4 is 17.0 Å². The number of unbranched alkanes of at least 4 members (excludes halogenated alkanes) is 1. The van der Waals surface area contributed by atoms with Gasteiger partial charge in [0.15, 0.2) is 0 Å². The molecule has 0 amide bonds. The largest absolute Gasteiger partial charge is 0.380 e. The maximum atomic E-state index is 11.7. The summed E-state index contributed by atoms with van der Waals surface area (Å²) in [6.45, 7) is 3.20. The number of para-hydroxylation sites is 1. The molecule has 0 fully saturated rings. The average Bonchev–Trinajstić information content (AvgIpc) is 3.00. The van der Waals surface area contributed by atoms with E-state index < -0.39 is 5.60 Å². The van der Waals surface area contributed by atoms with Crippen molar-refractivity contribution in [1.29, 1.82) is 0 Å². The van der Waals surface area contributed by atoms with Crippen molar-refractivity contribution in [3.05, 3.63) is 77.5 Å². The van der Waals surface area contributed by atoms with Crippen molar-refractivity contribution in [2.24, 2.45) is 0 Å². The number of hydrogen-bond acceptors (Lipinski definition) is 1. The monoisotopic (exact) mass is 317 g/mol. The average molecular weight is 317 g/mol. The molecule has 0 bridgehead atoms. The molecule has 122 valence electrons. The summed E-state index contributed by atoms with van der Waals surface area (Å²) in [5.74, 6) is 0. The van der Waals surface area contributed by atoms with Crippen LogP contribution in [0.5, 0.6) is 0 Å². The number of fused-ring (bicyclic) bond motifs is 2. The summed E-state index contributed by atoms with van der Waals surface area (Å²) in [5.41, 5.74) is 3.39. The molecule has 3 aromatic rings. The molecule has 0 saturated carbocycles. The minimum atomic E-state index is -0.956. The third-order valence-electron chi connectivity index (χ3n) is 5.10. The summed E-state index contributed by atoms with van der Waals surface area (Å²) >= 11 is 0. The van der Waals surface area contributed by atoms with Crippen LogP contribution in [-0.2, 0) is 12.1 Å². The van der Waals surface area contributed by atoms with Gasteiger partial charge in [0, 0.05) is 35.6 Å². The first-order valence-corrected chi connectivity index (χ1v) is 8.81. The van der Waals surface area contributed by atoms with E-state index in [1.165, 1.54) is 5.52 Å². The van der Waals surface area contributed by atoms with E-state index >= 15 is 0 Å². The third-order valence-corrected chi connectivity index (χ3v) is 5.10. The van der Waals surface area contributed by atoms with Gasteiger partial charge in [-0.05, 0) is 23.6 Å². The first-order valence-electron chi connectivity index (χ1n) is 8.81. The van der Waals surface area contributed by atoms with Gasteiger partial charge < -0.3 is 9.67 Å². The van der Waals surface area contributed by atoms with Crippen LogP contribution in [0.1, 0.15) is 42.9 Å². The van der Waals surface area contributed by atoms with Gasteiger partial charge in [-0.25, -0.2) is 0 Å². The molecule has 0 radical (unpaired) electrons. The van der Waals surface area contributed by atoms with E-state index in [9.17, 15) is 5.11 Å². The van der Waals surface area contributed by atoms with Crippen molar-refractivity contribution in [2.75, 3.05) is 0 Å². The molecule has 1 atom stereocenters. The molecular formula is C22H23NO. The normalized spacial score (nSPS) is 19.6. The summed E-state index contributed by atoms with van der Waals surface area (Å²) in [6.07, 6.45) is 9.29. The number of aryl methyl sites for hydroxylation is 1. The summed E-state index contributed by atoms with van der Waals surface area (Å²) in [7, 11) is 0. The Labute approximate surface area is 143 Å². The quantitative estimate of drug-likeness (QED) is 0.712. The molecule has 1 aromatic heterocycles. The van der Waals surface area contributed by atoms with Gasteiger partial charge in [-0.15, -0.1) is 0 Å². The molecule has 2 nitrogen and oxygen atoms in total. The first kappa shape index (κ1) is 15.2. The van der Waals surface area contributed by atoms with Gasteiger partial charge in [-0.1, -0.05) is 68.0 Å². The van der Waals surface area contributed by atoms with Crippen molar-refractivity contribution in [3.63, 3.8) is 0 Å². The lowest BCUT2D eigenvalue weighted by atomic mass is 9.78. The molecule has 1 aliphatic rings. The van der Waals surface area contributed by atoms with Crippen molar-refractivity contribution in [3.8, 4) is 0 Å². The van der Waals surface area contributed by atoms with E-state index in [4.69, 9.17) is 0 Å². The molecule has 0 unspecified atom stereocenters. The summed E-state index contributed by atoms with van der Waals surface area (Å²) in [4.78, 5) is 0. The second kappa shape index (κ2) is 5.95.